The number of nitrogens with two attached hydrogens (primary N) is 1. The van der Waals surface area contributed by atoms with Crippen molar-refractivity contribution in [2.45, 2.75) is 17.2 Å². The van der Waals surface area contributed by atoms with Crippen molar-refractivity contribution in [1.82, 2.24) is 0 Å². The molecule has 0 saturated carbocycles. The third-order valence-electron chi connectivity index (χ3n) is 1.01. The van der Waals surface area contributed by atoms with Gasteiger partial charge in [0.05, 0.1) is 0 Å². The van der Waals surface area contributed by atoms with E-state index in [1.807, 2.05) is 0 Å². The van der Waals surface area contributed by atoms with Gasteiger partial charge in [-0.25, -0.2) is 4.79 Å². The normalized spacial score (nSPS) is 11.5. The smallest absolute Gasteiger partial charge is 0.340 e. The molecule has 0 fully saturated rings. The van der Waals surface area contributed by atoms with Crippen LogP contribution >= 0.6 is 23.2 Å². The summed E-state index contributed by atoms with van der Waals surface area (Å²) in [7, 11) is 0. The van der Waals surface area contributed by atoms with Crippen molar-refractivity contribution in [3.05, 3.63) is 0 Å². The molecule has 0 spiro atoms. The fourth-order valence-corrected chi connectivity index (χ4v) is 0.698. The van der Waals surface area contributed by atoms with Gasteiger partial charge < -0.3 is 10.8 Å². The number of carboxylic acid groups (broad SMARTS) is 1. The SMILES string of the molecule is NCCCC(Cl)(Cl)C(=O)O. The van der Waals surface area contributed by atoms with Crippen LogP contribution in [0.3, 0.4) is 0 Å². The molecule has 0 rings (SSSR count). The zero-order valence-corrected chi connectivity index (χ0v) is 6.82. The molecule has 0 aliphatic carbocycles. The minimum atomic E-state index is -1.67. The molecule has 0 amide bonds. The molecule has 0 aliphatic heterocycles. The first-order valence-corrected chi connectivity index (χ1v) is 3.57. The van der Waals surface area contributed by atoms with E-state index in [2.05, 4.69) is 0 Å². The lowest BCUT2D eigenvalue weighted by Gasteiger charge is -2.11. The first-order chi connectivity index (χ1) is 4.50. The van der Waals surface area contributed by atoms with Crippen LogP contribution in [0.4, 0.5) is 0 Å². The van der Waals surface area contributed by atoms with Crippen LogP contribution in [-0.2, 0) is 4.79 Å². The average molecular weight is 186 g/mol. The van der Waals surface area contributed by atoms with Crippen molar-refractivity contribution in [2.24, 2.45) is 5.73 Å². The molecule has 0 saturated heterocycles. The Morgan fingerprint density at radius 3 is 2.40 bits per heavy atom. The van der Waals surface area contributed by atoms with Crippen molar-refractivity contribution in [3.63, 3.8) is 0 Å². The maximum atomic E-state index is 10.2. The first kappa shape index (κ1) is 10.0. The van der Waals surface area contributed by atoms with Crippen LogP contribution < -0.4 is 5.73 Å². The summed E-state index contributed by atoms with van der Waals surface area (Å²) in [5.41, 5.74) is 5.13. The molecular formula is C5H9Cl2NO2. The second-order valence-corrected chi connectivity index (χ2v) is 3.39. The molecule has 0 aliphatic rings. The molecule has 3 N–H and O–H groups in total. The highest BCUT2D eigenvalue weighted by Crippen LogP contribution is 2.26. The molecule has 0 bridgehead atoms. The van der Waals surface area contributed by atoms with Gasteiger partial charge in [-0.1, -0.05) is 23.2 Å². The standard InChI is InChI=1S/C5H9Cl2NO2/c6-5(7,4(9)10)2-1-3-8/h1-3,8H2,(H,9,10). The Hall–Kier alpha value is 0.01000. The van der Waals surface area contributed by atoms with E-state index >= 15 is 0 Å². The van der Waals surface area contributed by atoms with E-state index in [4.69, 9.17) is 34.0 Å². The molecule has 0 heterocycles. The summed E-state index contributed by atoms with van der Waals surface area (Å²) in [6.45, 7) is 0.397. The predicted octanol–water partition coefficient (Wildman–Crippen LogP) is 0.984. The summed E-state index contributed by atoms with van der Waals surface area (Å²) in [4.78, 5) is 10.2. The van der Waals surface area contributed by atoms with Crippen molar-refractivity contribution in [3.8, 4) is 0 Å². The van der Waals surface area contributed by atoms with Gasteiger partial charge in [-0.2, -0.15) is 0 Å². The largest absolute Gasteiger partial charge is 0.479 e. The second-order valence-electron chi connectivity index (χ2n) is 1.90. The lowest BCUT2D eigenvalue weighted by molar-refractivity contribution is -0.137. The Balaban J connectivity index is 3.75. The minimum Gasteiger partial charge on any atom is -0.479 e. The number of hydrogen-bond acceptors (Lipinski definition) is 2. The highest BCUT2D eigenvalue weighted by Gasteiger charge is 2.32. The van der Waals surface area contributed by atoms with Crippen molar-refractivity contribution >= 4 is 29.2 Å². The van der Waals surface area contributed by atoms with Gasteiger partial charge in [0, 0.05) is 0 Å². The fraction of sp³-hybridized carbons (Fsp3) is 0.800. The summed E-state index contributed by atoms with van der Waals surface area (Å²) in [5.74, 6) is -1.22. The van der Waals surface area contributed by atoms with Crippen LogP contribution in [0.2, 0.25) is 0 Å². The van der Waals surface area contributed by atoms with E-state index in [1.54, 1.807) is 0 Å². The van der Waals surface area contributed by atoms with Crippen molar-refractivity contribution < 1.29 is 9.90 Å². The number of hydrogen-bond donors (Lipinski definition) is 2. The van der Waals surface area contributed by atoms with Gasteiger partial charge in [0.2, 0.25) is 4.33 Å². The van der Waals surface area contributed by atoms with Crippen LogP contribution in [0.5, 0.6) is 0 Å². The fourth-order valence-electron chi connectivity index (χ4n) is 0.431. The van der Waals surface area contributed by atoms with E-state index in [1.165, 1.54) is 0 Å². The van der Waals surface area contributed by atoms with E-state index in [0.717, 1.165) is 0 Å². The first-order valence-electron chi connectivity index (χ1n) is 2.82. The van der Waals surface area contributed by atoms with Crippen molar-refractivity contribution in [2.75, 3.05) is 6.54 Å². The van der Waals surface area contributed by atoms with Crippen LogP contribution in [0.25, 0.3) is 0 Å². The lowest BCUT2D eigenvalue weighted by atomic mass is 10.2. The van der Waals surface area contributed by atoms with Gasteiger partial charge in [-0.15, -0.1) is 0 Å². The number of carbonyl (C=O) groups is 1. The van der Waals surface area contributed by atoms with Crippen LogP contribution in [0, 0.1) is 0 Å². The zero-order valence-electron chi connectivity index (χ0n) is 5.31. The molecule has 0 radical (unpaired) electrons. The molecule has 0 aromatic heterocycles. The Kier molecular flexibility index (Phi) is 4.01. The number of alkyl halides is 2. The summed E-state index contributed by atoms with van der Waals surface area (Å²) in [6.07, 6.45) is 0.696. The number of rotatable bonds is 4. The summed E-state index contributed by atoms with van der Waals surface area (Å²) in [5, 5.41) is 8.36. The van der Waals surface area contributed by atoms with Crippen LogP contribution in [-0.4, -0.2) is 22.0 Å². The maximum absolute atomic E-state index is 10.2. The highest BCUT2D eigenvalue weighted by molar-refractivity contribution is 6.57. The summed E-state index contributed by atoms with van der Waals surface area (Å²) >= 11 is 10.7. The molecule has 5 heteroatoms. The van der Waals surface area contributed by atoms with Crippen molar-refractivity contribution in [1.29, 1.82) is 0 Å². The van der Waals surface area contributed by atoms with Gasteiger partial charge in [-0.3, -0.25) is 0 Å². The lowest BCUT2D eigenvalue weighted by Crippen LogP contribution is -2.26. The molecule has 60 valence electrons. The summed E-state index contributed by atoms with van der Waals surface area (Å²) < 4.78 is -1.67. The maximum Gasteiger partial charge on any atom is 0.340 e. The topological polar surface area (TPSA) is 63.3 Å². The molecule has 0 atom stereocenters. The Bertz CT molecular complexity index is 127. The van der Waals surface area contributed by atoms with Gasteiger partial charge >= 0.3 is 5.97 Å². The summed E-state index contributed by atoms with van der Waals surface area (Å²) in [6, 6.07) is 0. The third kappa shape index (κ3) is 3.25. The molecule has 0 aromatic rings. The van der Waals surface area contributed by atoms with Gasteiger partial charge in [0.1, 0.15) is 0 Å². The minimum absolute atomic E-state index is 0.182. The van der Waals surface area contributed by atoms with E-state index in [-0.39, 0.29) is 6.42 Å². The quantitative estimate of drug-likeness (QED) is 0.643. The van der Waals surface area contributed by atoms with E-state index in [0.29, 0.717) is 13.0 Å². The van der Waals surface area contributed by atoms with Crippen LogP contribution in [0.15, 0.2) is 0 Å². The average Bonchev–Trinajstić information content (AvgIpc) is 1.84. The van der Waals surface area contributed by atoms with E-state index in [9.17, 15) is 4.79 Å². The van der Waals surface area contributed by atoms with Gasteiger partial charge in [0.15, 0.2) is 0 Å². The molecular weight excluding hydrogens is 177 g/mol. The second kappa shape index (κ2) is 4.01. The van der Waals surface area contributed by atoms with Crippen LogP contribution in [0.1, 0.15) is 12.8 Å². The Morgan fingerprint density at radius 2 is 2.10 bits per heavy atom. The predicted molar refractivity (Wildman–Crippen MR) is 40.4 cm³/mol. The molecule has 3 nitrogen and oxygen atoms in total. The van der Waals surface area contributed by atoms with Gasteiger partial charge in [-0.05, 0) is 19.4 Å². The highest BCUT2D eigenvalue weighted by atomic mass is 35.5. The Labute approximate surface area is 69.1 Å². The molecule has 0 unspecified atom stereocenters. The molecule has 10 heavy (non-hydrogen) atoms. The zero-order chi connectivity index (χ0) is 8.20. The molecule has 0 aromatic carbocycles. The monoisotopic (exact) mass is 185 g/mol. The number of carboxylic acids is 1. The number of halogens is 2. The van der Waals surface area contributed by atoms with Gasteiger partial charge in [0.25, 0.3) is 0 Å². The Morgan fingerprint density at radius 1 is 1.60 bits per heavy atom. The number of aliphatic carboxylic acids is 1. The third-order valence-corrected chi connectivity index (χ3v) is 1.71. The van der Waals surface area contributed by atoms with E-state index < -0.39 is 10.3 Å².